The first-order valence-electron chi connectivity index (χ1n) is 7.63. The summed E-state index contributed by atoms with van der Waals surface area (Å²) in [5.74, 6) is 0.879. The van der Waals surface area contributed by atoms with Crippen molar-refractivity contribution in [2.45, 2.75) is 19.3 Å². The van der Waals surface area contributed by atoms with Crippen LogP contribution >= 0.6 is 0 Å². The van der Waals surface area contributed by atoms with Gasteiger partial charge in [-0.25, -0.2) is 0 Å². The Bertz CT molecular complexity index is 389. The van der Waals surface area contributed by atoms with E-state index in [1.54, 1.807) is 0 Å². The van der Waals surface area contributed by atoms with Gasteiger partial charge in [-0.1, -0.05) is 6.07 Å². The van der Waals surface area contributed by atoms with Gasteiger partial charge in [-0.05, 0) is 45.0 Å². The fraction of sp³-hybridized carbons (Fsp3) is 0.625. The number of hydrogen-bond acceptors (Lipinski definition) is 4. The number of rotatable bonds is 7. The molecule has 0 unspecified atom stereocenters. The Morgan fingerprint density at radius 3 is 2.65 bits per heavy atom. The number of unbranched alkanes of at least 4 members (excludes halogenated alkanes) is 2. The van der Waals surface area contributed by atoms with Gasteiger partial charge in [0.15, 0.2) is 0 Å². The summed E-state index contributed by atoms with van der Waals surface area (Å²) in [5, 5.41) is 0. The van der Waals surface area contributed by atoms with E-state index in [0.717, 1.165) is 24.5 Å². The largest absolute Gasteiger partial charge is 0.494 e. The molecule has 4 nitrogen and oxygen atoms in total. The van der Waals surface area contributed by atoms with Crippen LogP contribution in [0.15, 0.2) is 24.3 Å². The van der Waals surface area contributed by atoms with Gasteiger partial charge < -0.3 is 20.3 Å². The second kappa shape index (κ2) is 8.12. The highest BCUT2D eigenvalue weighted by Gasteiger charge is 2.12. The standard InChI is InChI=1S/C16H27N3O/c1-18-9-11-19(12-10-18)8-3-2-4-13-20-16-7-5-6-15(17)14-16/h5-7,14H,2-4,8-13,17H2,1H3. The van der Waals surface area contributed by atoms with Gasteiger partial charge in [0, 0.05) is 37.9 Å². The second-order valence-corrected chi connectivity index (χ2v) is 5.63. The van der Waals surface area contributed by atoms with Crippen molar-refractivity contribution in [3.05, 3.63) is 24.3 Å². The molecular weight excluding hydrogens is 250 g/mol. The molecule has 2 rings (SSSR count). The van der Waals surface area contributed by atoms with Crippen molar-refractivity contribution in [2.75, 3.05) is 52.1 Å². The van der Waals surface area contributed by atoms with Crippen LogP contribution in [0.5, 0.6) is 5.75 Å². The summed E-state index contributed by atoms with van der Waals surface area (Å²) in [4.78, 5) is 4.97. The Labute approximate surface area is 122 Å². The maximum atomic E-state index is 5.71. The third kappa shape index (κ3) is 5.39. The molecule has 0 amide bonds. The van der Waals surface area contributed by atoms with Crippen molar-refractivity contribution in [3.63, 3.8) is 0 Å². The normalized spacial score (nSPS) is 17.2. The molecule has 1 aromatic carbocycles. The van der Waals surface area contributed by atoms with Gasteiger partial charge in [0.25, 0.3) is 0 Å². The van der Waals surface area contributed by atoms with Crippen LogP contribution in [0.2, 0.25) is 0 Å². The lowest BCUT2D eigenvalue weighted by atomic mass is 10.2. The molecule has 1 aliphatic heterocycles. The molecule has 0 aliphatic carbocycles. The number of nitrogens with two attached hydrogens (primary N) is 1. The van der Waals surface area contributed by atoms with Crippen LogP contribution in [0.1, 0.15) is 19.3 Å². The van der Waals surface area contributed by atoms with Gasteiger partial charge >= 0.3 is 0 Å². The SMILES string of the molecule is CN1CCN(CCCCCOc2cccc(N)c2)CC1. The zero-order valence-electron chi connectivity index (χ0n) is 12.6. The zero-order chi connectivity index (χ0) is 14.2. The number of ether oxygens (including phenoxy) is 1. The monoisotopic (exact) mass is 277 g/mol. The molecular formula is C16H27N3O. The summed E-state index contributed by atoms with van der Waals surface area (Å²) in [5.41, 5.74) is 6.48. The first-order chi connectivity index (χ1) is 9.74. The first-order valence-corrected chi connectivity index (χ1v) is 7.63. The van der Waals surface area contributed by atoms with Crippen LogP contribution in [0.3, 0.4) is 0 Å². The first kappa shape index (κ1) is 15.1. The van der Waals surface area contributed by atoms with Gasteiger partial charge in [-0.15, -0.1) is 0 Å². The molecule has 1 aliphatic rings. The predicted molar refractivity (Wildman–Crippen MR) is 84.1 cm³/mol. The van der Waals surface area contributed by atoms with E-state index in [4.69, 9.17) is 10.5 Å². The Hall–Kier alpha value is -1.26. The van der Waals surface area contributed by atoms with E-state index in [2.05, 4.69) is 16.8 Å². The molecule has 1 heterocycles. The van der Waals surface area contributed by atoms with Crippen LogP contribution in [0.4, 0.5) is 5.69 Å². The number of benzene rings is 1. The fourth-order valence-electron chi connectivity index (χ4n) is 2.48. The van der Waals surface area contributed by atoms with E-state index in [1.165, 1.54) is 45.6 Å². The Morgan fingerprint density at radius 2 is 1.90 bits per heavy atom. The average molecular weight is 277 g/mol. The summed E-state index contributed by atoms with van der Waals surface area (Å²) in [6.07, 6.45) is 3.61. The van der Waals surface area contributed by atoms with Crippen LogP contribution in [0, 0.1) is 0 Å². The van der Waals surface area contributed by atoms with E-state index in [9.17, 15) is 0 Å². The van der Waals surface area contributed by atoms with Crippen molar-refractivity contribution >= 4 is 5.69 Å². The van der Waals surface area contributed by atoms with Crippen LogP contribution in [-0.4, -0.2) is 56.2 Å². The van der Waals surface area contributed by atoms with Crippen LogP contribution in [0.25, 0.3) is 0 Å². The highest BCUT2D eigenvalue weighted by Crippen LogP contribution is 2.14. The molecule has 0 radical (unpaired) electrons. The van der Waals surface area contributed by atoms with Crippen molar-refractivity contribution < 1.29 is 4.74 Å². The lowest BCUT2D eigenvalue weighted by molar-refractivity contribution is 0.151. The summed E-state index contributed by atoms with van der Waals surface area (Å²) in [6.45, 7) is 6.86. The maximum Gasteiger partial charge on any atom is 0.121 e. The molecule has 0 atom stereocenters. The number of anilines is 1. The Kier molecular flexibility index (Phi) is 6.15. The fourth-order valence-corrected chi connectivity index (χ4v) is 2.48. The van der Waals surface area contributed by atoms with Gasteiger partial charge in [0.2, 0.25) is 0 Å². The van der Waals surface area contributed by atoms with Gasteiger partial charge in [-0.3, -0.25) is 0 Å². The molecule has 0 bridgehead atoms. The lowest BCUT2D eigenvalue weighted by Gasteiger charge is -2.32. The quantitative estimate of drug-likeness (QED) is 0.612. The van der Waals surface area contributed by atoms with E-state index in [-0.39, 0.29) is 0 Å². The number of hydrogen-bond donors (Lipinski definition) is 1. The van der Waals surface area contributed by atoms with Crippen molar-refractivity contribution in [2.24, 2.45) is 0 Å². The molecule has 1 saturated heterocycles. The number of piperazine rings is 1. The summed E-state index contributed by atoms with van der Waals surface area (Å²) in [7, 11) is 2.20. The Balaban J connectivity index is 1.49. The minimum atomic E-state index is 0.762. The van der Waals surface area contributed by atoms with E-state index in [0.29, 0.717) is 0 Å². The molecule has 20 heavy (non-hydrogen) atoms. The smallest absolute Gasteiger partial charge is 0.121 e. The van der Waals surface area contributed by atoms with Crippen molar-refractivity contribution in [1.82, 2.24) is 9.80 Å². The molecule has 1 fully saturated rings. The lowest BCUT2D eigenvalue weighted by Crippen LogP contribution is -2.44. The molecule has 0 saturated carbocycles. The molecule has 0 spiro atoms. The van der Waals surface area contributed by atoms with Gasteiger partial charge in [0.1, 0.15) is 5.75 Å². The number of nitrogen functional groups attached to an aromatic ring is 1. The minimum absolute atomic E-state index is 0.762. The van der Waals surface area contributed by atoms with Crippen LogP contribution in [-0.2, 0) is 0 Å². The maximum absolute atomic E-state index is 5.71. The third-order valence-electron chi connectivity index (χ3n) is 3.84. The summed E-state index contributed by atoms with van der Waals surface area (Å²) < 4.78 is 5.69. The summed E-state index contributed by atoms with van der Waals surface area (Å²) >= 11 is 0. The van der Waals surface area contributed by atoms with Crippen molar-refractivity contribution in [1.29, 1.82) is 0 Å². The van der Waals surface area contributed by atoms with E-state index in [1.807, 2.05) is 24.3 Å². The predicted octanol–water partition coefficient (Wildman–Crippen LogP) is 2.07. The molecule has 1 aromatic rings. The van der Waals surface area contributed by atoms with Crippen LogP contribution < -0.4 is 10.5 Å². The minimum Gasteiger partial charge on any atom is -0.494 e. The summed E-state index contributed by atoms with van der Waals surface area (Å²) in [6, 6.07) is 7.64. The second-order valence-electron chi connectivity index (χ2n) is 5.63. The topological polar surface area (TPSA) is 41.7 Å². The van der Waals surface area contributed by atoms with Gasteiger partial charge in [-0.2, -0.15) is 0 Å². The number of nitrogens with zero attached hydrogens (tertiary/aromatic N) is 2. The third-order valence-corrected chi connectivity index (χ3v) is 3.84. The van der Waals surface area contributed by atoms with Crippen molar-refractivity contribution in [3.8, 4) is 5.75 Å². The molecule has 4 heteroatoms. The highest BCUT2D eigenvalue weighted by atomic mass is 16.5. The molecule has 112 valence electrons. The Morgan fingerprint density at radius 1 is 1.10 bits per heavy atom. The van der Waals surface area contributed by atoms with E-state index >= 15 is 0 Å². The molecule has 2 N–H and O–H groups in total. The average Bonchev–Trinajstić information content (AvgIpc) is 2.45. The zero-order valence-corrected chi connectivity index (χ0v) is 12.6. The molecule has 0 aromatic heterocycles. The highest BCUT2D eigenvalue weighted by molar-refractivity contribution is 5.43. The number of likely N-dealkylation sites (N-methyl/N-ethyl adjacent to an activating group) is 1. The van der Waals surface area contributed by atoms with Gasteiger partial charge in [0.05, 0.1) is 6.61 Å². The van der Waals surface area contributed by atoms with E-state index < -0.39 is 0 Å².